The lowest BCUT2D eigenvalue weighted by atomic mass is 10.2. The van der Waals surface area contributed by atoms with E-state index in [2.05, 4.69) is 5.32 Å². The van der Waals surface area contributed by atoms with E-state index in [0.29, 0.717) is 5.56 Å². The minimum atomic E-state index is -0.853. The summed E-state index contributed by atoms with van der Waals surface area (Å²) in [6.45, 7) is 0. The highest BCUT2D eigenvalue weighted by atomic mass is 19.1. The number of hydrogen-bond donors (Lipinski definition) is 1. The minimum absolute atomic E-state index is 0.389. The summed E-state index contributed by atoms with van der Waals surface area (Å²) in [5.41, 5.74) is 0.0943. The zero-order valence-corrected chi connectivity index (χ0v) is 10.2. The number of halogens is 3. The van der Waals surface area contributed by atoms with Crippen LogP contribution in [0.5, 0.6) is 0 Å². The highest BCUT2D eigenvalue weighted by Crippen LogP contribution is 2.17. The predicted octanol–water partition coefficient (Wildman–Crippen LogP) is 3.76. The standard InChI is InChI=1S/C15H10F3NO/c16-11-7-4-10(5-8-11)6-9-14(20)19-15-12(17)2-1-3-13(15)18/h1-9H,(H,19,20). The third-order valence-corrected chi connectivity index (χ3v) is 2.51. The second-order valence-electron chi connectivity index (χ2n) is 3.97. The van der Waals surface area contributed by atoms with Crippen LogP contribution in [-0.2, 0) is 4.79 Å². The van der Waals surface area contributed by atoms with Crippen LogP contribution >= 0.6 is 0 Å². The van der Waals surface area contributed by atoms with Gasteiger partial charge in [0.05, 0.1) is 0 Å². The average molecular weight is 277 g/mol. The van der Waals surface area contributed by atoms with Crippen LogP contribution in [0.3, 0.4) is 0 Å². The Balaban J connectivity index is 2.07. The molecule has 0 spiro atoms. The van der Waals surface area contributed by atoms with Crippen molar-refractivity contribution in [3.63, 3.8) is 0 Å². The SMILES string of the molecule is O=C(C=Cc1ccc(F)cc1)Nc1c(F)cccc1F. The lowest BCUT2D eigenvalue weighted by Crippen LogP contribution is -2.10. The van der Waals surface area contributed by atoms with Crippen LogP contribution < -0.4 is 5.32 Å². The third kappa shape index (κ3) is 3.47. The number of nitrogens with one attached hydrogen (secondary N) is 1. The Morgan fingerprint density at radius 3 is 2.15 bits per heavy atom. The molecule has 20 heavy (non-hydrogen) atoms. The van der Waals surface area contributed by atoms with Gasteiger partial charge in [0.2, 0.25) is 5.91 Å². The molecule has 0 bridgehead atoms. The number of benzene rings is 2. The summed E-state index contributed by atoms with van der Waals surface area (Å²) in [5.74, 6) is -2.78. The molecular formula is C15H10F3NO. The van der Waals surface area contributed by atoms with Crippen LogP contribution in [0.1, 0.15) is 5.56 Å². The minimum Gasteiger partial charge on any atom is -0.318 e. The Kier molecular flexibility index (Phi) is 4.20. The summed E-state index contributed by atoms with van der Waals surface area (Å²) in [5, 5.41) is 2.11. The first-order valence-electron chi connectivity index (χ1n) is 5.75. The van der Waals surface area contributed by atoms with Crippen LogP contribution in [0.4, 0.5) is 18.9 Å². The molecule has 0 aliphatic rings. The Hall–Kier alpha value is -2.56. The van der Waals surface area contributed by atoms with Crippen molar-refractivity contribution in [2.75, 3.05) is 5.32 Å². The van der Waals surface area contributed by atoms with Gasteiger partial charge >= 0.3 is 0 Å². The second kappa shape index (κ2) is 6.06. The Morgan fingerprint density at radius 1 is 0.950 bits per heavy atom. The summed E-state index contributed by atoms with van der Waals surface area (Å²) < 4.78 is 39.3. The molecule has 0 saturated heterocycles. The molecule has 5 heteroatoms. The molecule has 1 amide bonds. The lowest BCUT2D eigenvalue weighted by Gasteiger charge is -2.04. The van der Waals surface area contributed by atoms with Gasteiger partial charge in [-0.25, -0.2) is 13.2 Å². The van der Waals surface area contributed by atoms with E-state index in [1.807, 2.05) is 0 Å². The van der Waals surface area contributed by atoms with E-state index in [-0.39, 0.29) is 5.82 Å². The van der Waals surface area contributed by atoms with Gasteiger partial charge in [0.25, 0.3) is 0 Å². The van der Waals surface area contributed by atoms with Gasteiger partial charge in [-0.2, -0.15) is 0 Å². The van der Waals surface area contributed by atoms with Crippen LogP contribution in [0.2, 0.25) is 0 Å². The fraction of sp³-hybridized carbons (Fsp3) is 0. The van der Waals surface area contributed by atoms with Gasteiger partial charge in [0.15, 0.2) is 0 Å². The highest BCUT2D eigenvalue weighted by molar-refractivity contribution is 6.02. The molecule has 2 aromatic carbocycles. The number of hydrogen-bond acceptors (Lipinski definition) is 1. The second-order valence-corrected chi connectivity index (χ2v) is 3.97. The van der Waals surface area contributed by atoms with Gasteiger partial charge in [0.1, 0.15) is 23.1 Å². The molecule has 0 fully saturated rings. The van der Waals surface area contributed by atoms with Crippen molar-refractivity contribution < 1.29 is 18.0 Å². The highest BCUT2D eigenvalue weighted by Gasteiger charge is 2.09. The van der Waals surface area contributed by atoms with Crippen molar-refractivity contribution in [3.8, 4) is 0 Å². The molecule has 0 unspecified atom stereocenters. The summed E-state index contributed by atoms with van der Waals surface area (Å²) in [6.07, 6.45) is 2.52. The van der Waals surface area contributed by atoms with E-state index in [1.54, 1.807) is 0 Å². The number of carbonyl (C=O) groups is 1. The van der Waals surface area contributed by atoms with Crippen LogP contribution in [0.15, 0.2) is 48.5 Å². The van der Waals surface area contributed by atoms with Crippen molar-refractivity contribution in [3.05, 3.63) is 71.6 Å². The molecule has 0 aliphatic heterocycles. The van der Waals surface area contributed by atoms with Crippen molar-refractivity contribution in [1.29, 1.82) is 0 Å². The quantitative estimate of drug-likeness (QED) is 0.850. The van der Waals surface area contributed by atoms with E-state index in [1.165, 1.54) is 36.4 Å². The van der Waals surface area contributed by atoms with Gasteiger partial charge in [-0.05, 0) is 35.9 Å². The zero-order chi connectivity index (χ0) is 14.5. The first-order valence-corrected chi connectivity index (χ1v) is 5.75. The molecule has 2 rings (SSSR count). The maximum absolute atomic E-state index is 13.3. The van der Waals surface area contributed by atoms with Gasteiger partial charge in [-0.15, -0.1) is 0 Å². The molecule has 102 valence electrons. The third-order valence-electron chi connectivity index (χ3n) is 2.51. The van der Waals surface area contributed by atoms with E-state index in [0.717, 1.165) is 18.2 Å². The predicted molar refractivity (Wildman–Crippen MR) is 70.4 cm³/mol. The summed E-state index contributed by atoms with van der Waals surface area (Å²) in [4.78, 5) is 11.6. The van der Waals surface area contributed by atoms with Crippen molar-refractivity contribution in [1.82, 2.24) is 0 Å². The molecule has 2 aromatic rings. The zero-order valence-electron chi connectivity index (χ0n) is 10.2. The fourth-order valence-corrected chi connectivity index (χ4v) is 1.53. The molecule has 0 atom stereocenters. The molecular weight excluding hydrogens is 267 g/mol. The fourth-order valence-electron chi connectivity index (χ4n) is 1.53. The maximum atomic E-state index is 13.3. The van der Waals surface area contributed by atoms with Gasteiger partial charge in [-0.1, -0.05) is 18.2 Å². The summed E-state index contributed by atoms with van der Waals surface area (Å²) in [7, 11) is 0. The molecule has 1 N–H and O–H groups in total. The van der Waals surface area contributed by atoms with Gasteiger partial charge in [0, 0.05) is 6.08 Å². The Morgan fingerprint density at radius 2 is 1.55 bits per heavy atom. The average Bonchev–Trinajstić information content (AvgIpc) is 2.42. The largest absolute Gasteiger partial charge is 0.318 e. The van der Waals surface area contributed by atoms with Crippen molar-refractivity contribution >= 4 is 17.7 Å². The Labute approximate surface area is 113 Å². The normalized spacial score (nSPS) is 10.8. The van der Waals surface area contributed by atoms with Crippen LogP contribution in [0, 0.1) is 17.5 Å². The number of carbonyl (C=O) groups excluding carboxylic acids is 1. The maximum Gasteiger partial charge on any atom is 0.248 e. The van der Waals surface area contributed by atoms with Crippen LogP contribution in [-0.4, -0.2) is 5.91 Å². The smallest absolute Gasteiger partial charge is 0.248 e. The van der Waals surface area contributed by atoms with Gasteiger partial charge in [-0.3, -0.25) is 4.79 Å². The molecule has 0 radical (unpaired) electrons. The van der Waals surface area contributed by atoms with Gasteiger partial charge < -0.3 is 5.32 Å². The number of para-hydroxylation sites is 1. The lowest BCUT2D eigenvalue weighted by molar-refractivity contribution is -0.111. The van der Waals surface area contributed by atoms with E-state index < -0.39 is 23.2 Å². The molecule has 0 aromatic heterocycles. The number of amides is 1. The van der Waals surface area contributed by atoms with Crippen LogP contribution in [0.25, 0.3) is 6.08 Å². The molecule has 0 saturated carbocycles. The van der Waals surface area contributed by atoms with Crippen molar-refractivity contribution in [2.45, 2.75) is 0 Å². The summed E-state index contributed by atoms with van der Waals surface area (Å²) in [6, 6.07) is 8.73. The number of rotatable bonds is 3. The monoisotopic (exact) mass is 277 g/mol. The first-order chi connectivity index (χ1) is 9.56. The first kappa shape index (κ1) is 13.9. The Bertz CT molecular complexity index is 630. The molecule has 0 heterocycles. The van der Waals surface area contributed by atoms with E-state index >= 15 is 0 Å². The summed E-state index contributed by atoms with van der Waals surface area (Å²) >= 11 is 0. The number of anilines is 1. The molecule has 0 aliphatic carbocycles. The van der Waals surface area contributed by atoms with Crippen molar-refractivity contribution in [2.24, 2.45) is 0 Å². The van der Waals surface area contributed by atoms with E-state index in [4.69, 9.17) is 0 Å². The van der Waals surface area contributed by atoms with E-state index in [9.17, 15) is 18.0 Å². The topological polar surface area (TPSA) is 29.1 Å². The molecule has 2 nitrogen and oxygen atoms in total.